The van der Waals surface area contributed by atoms with E-state index in [9.17, 15) is 14.4 Å². The topological polar surface area (TPSA) is 188 Å². The molecule has 0 fully saturated rings. The van der Waals surface area contributed by atoms with Crippen LogP contribution in [0, 0.1) is 6.92 Å². The predicted molar refractivity (Wildman–Crippen MR) is 122 cm³/mol. The maximum atomic E-state index is 11.8. The van der Waals surface area contributed by atoms with Crippen LogP contribution in [0.25, 0.3) is 11.3 Å². The molecular formula is C21H27N5O7S. The van der Waals surface area contributed by atoms with Crippen LogP contribution < -0.4 is 16.0 Å². The van der Waals surface area contributed by atoms with Gasteiger partial charge in [0.2, 0.25) is 0 Å². The minimum Gasteiger partial charge on any atom is -0.481 e. The van der Waals surface area contributed by atoms with E-state index in [2.05, 4.69) is 25.9 Å². The Bertz CT molecular complexity index is 976. The molecule has 0 saturated carbocycles. The Morgan fingerprint density at radius 1 is 1.15 bits per heavy atom. The molecule has 0 bridgehead atoms. The number of hydrogen-bond donors (Lipinski definition) is 5. The Labute approximate surface area is 199 Å². The van der Waals surface area contributed by atoms with Crippen molar-refractivity contribution in [3.8, 4) is 11.3 Å². The summed E-state index contributed by atoms with van der Waals surface area (Å²) in [5, 5.41) is 28.7. The first-order chi connectivity index (χ1) is 16.3. The molecule has 0 aliphatic heterocycles. The molecule has 2 aromatic rings. The summed E-state index contributed by atoms with van der Waals surface area (Å²) in [5.41, 5.74) is 2.89. The lowest BCUT2D eigenvalue weighted by Gasteiger charge is -2.14. The highest BCUT2D eigenvalue weighted by Gasteiger charge is 2.20. The molecule has 0 aliphatic rings. The third-order valence-corrected chi connectivity index (χ3v) is 5.16. The van der Waals surface area contributed by atoms with Gasteiger partial charge in [0.25, 0.3) is 0 Å². The number of aryl methyl sites for hydroxylation is 1. The first-order valence-electron chi connectivity index (χ1n) is 10.4. The number of unbranched alkanes of at least 4 members (excludes halogenated alkanes) is 2. The van der Waals surface area contributed by atoms with Crippen molar-refractivity contribution >= 4 is 40.6 Å². The molecule has 0 spiro atoms. The number of nitrogens with zero attached hydrogens (tertiary/aromatic N) is 2. The summed E-state index contributed by atoms with van der Waals surface area (Å²) in [6, 6.07) is 2.09. The molecule has 0 saturated heterocycles. The Morgan fingerprint density at radius 2 is 1.85 bits per heavy atom. The lowest BCUT2D eigenvalue weighted by molar-refractivity contribution is -0.191. The number of aromatic nitrogens is 2. The van der Waals surface area contributed by atoms with Gasteiger partial charge >= 0.3 is 24.1 Å². The lowest BCUT2D eigenvalue weighted by atomic mass is 10.1. The molecule has 5 N–H and O–H groups in total. The van der Waals surface area contributed by atoms with E-state index in [1.54, 1.807) is 17.5 Å². The number of hydrogen-bond acceptors (Lipinski definition) is 9. The summed E-state index contributed by atoms with van der Waals surface area (Å²) in [6.45, 7) is 3.10. The van der Waals surface area contributed by atoms with Gasteiger partial charge in [0.15, 0.2) is 5.13 Å². The number of amides is 2. The van der Waals surface area contributed by atoms with E-state index in [0.29, 0.717) is 6.54 Å². The second-order valence-electron chi connectivity index (χ2n) is 7.02. The number of pyridine rings is 1. The number of carboxylic acid groups (broad SMARTS) is 2. The number of nitrogens with one attached hydrogen (secondary N) is 3. The van der Waals surface area contributed by atoms with E-state index in [1.165, 1.54) is 0 Å². The van der Waals surface area contributed by atoms with Crippen molar-refractivity contribution < 1.29 is 34.2 Å². The first kappa shape index (κ1) is 28.2. The summed E-state index contributed by atoms with van der Waals surface area (Å²) >= 11 is 1.54. The predicted octanol–water partition coefficient (Wildman–Crippen LogP) is 2.13. The van der Waals surface area contributed by atoms with Crippen LogP contribution in [0.5, 0.6) is 0 Å². The smallest absolute Gasteiger partial charge is 0.373 e. The molecule has 0 aromatic carbocycles. The highest BCUT2D eigenvalue weighted by molar-refractivity contribution is 7.14. The average molecular weight is 494 g/mol. The van der Waals surface area contributed by atoms with Gasteiger partial charge in [-0.3, -0.25) is 9.78 Å². The van der Waals surface area contributed by atoms with E-state index in [-0.39, 0.29) is 19.0 Å². The number of rotatable bonds is 13. The number of carbonyl (C=O) groups is 3. The number of aliphatic carboxylic acids is 2. The highest BCUT2D eigenvalue weighted by Crippen LogP contribution is 2.24. The average Bonchev–Trinajstić information content (AvgIpc) is 3.25. The molecule has 184 valence electrons. The first-order valence-corrected chi connectivity index (χ1v) is 11.3. The number of carbonyl (C=O) groups excluding carboxylic acids is 3. The number of carboxylic acids is 2. The van der Waals surface area contributed by atoms with Crippen LogP contribution in [0.4, 0.5) is 9.93 Å². The zero-order valence-electron chi connectivity index (χ0n) is 18.6. The zero-order chi connectivity index (χ0) is 25.3. The van der Waals surface area contributed by atoms with Gasteiger partial charge in [-0.25, -0.2) is 14.6 Å². The minimum atomic E-state index is -1.26. The van der Waals surface area contributed by atoms with E-state index in [1.807, 2.05) is 24.4 Å². The van der Waals surface area contributed by atoms with Gasteiger partial charge in [0.1, 0.15) is 6.04 Å². The Morgan fingerprint density at radius 3 is 2.50 bits per heavy atom. The van der Waals surface area contributed by atoms with Crippen molar-refractivity contribution in [2.45, 2.75) is 45.1 Å². The number of anilines is 1. The molecule has 0 aliphatic carbocycles. The largest absolute Gasteiger partial charge is 0.481 e. The van der Waals surface area contributed by atoms with Crippen molar-refractivity contribution in [1.82, 2.24) is 20.6 Å². The summed E-state index contributed by atoms with van der Waals surface area (Å²) in [6.07, 6.45) is 4.03. The Kier molecular flexibility index (Phi) is 13.2. The second kappa shape index (κ2) is 15.9. The van der Waals surface area contributed by atoms with E-state index < -0.39 is 24.0 Å². The molecule has 0 unspecified atom stereocenters. The maximum absolute atomic E-state index is 11.8. The summed E-state index contributed by atoms with van der Waals surface area (Å²) < 4.78 is 0. The molecule has 2 rings (SSSR count). The van der Waals surface area contributed by atoms with Gasteiger partial charge in [-0.05, 0) is 44.7 Å². The molecule has 34 heavy (non-hydrogen) atoms. The maximum Gasteiger partial charge on any atom is 0.373 e. The van der Waals surface area contributed by atoms with Gasteiger partial charge in [-0.15, -0.1) is 11.3 Å². The summed E-state index contributed by atoms with van der Waals surface area (Å²) in [5.74, 6) is -2.37. The molecule has 1 atom stereocenters. The van der Waals surface area contributed by atoms with E-state index in [0.717, 1.165) is 47.9 Å². The van der Waals surface area contributed by atoms with E-state index >= 15 is 0 Å². The third kappa shape index (κ3) is 11.7. The number of thiazole rings is 1. The fraction of sp³-hybridized carbons (Fsp3) is 0.429. The van der Waals surface area contributed by atoms with Gasteiger partial charge in [0, 0.05) is 42.3 Å². The molecule has 2 amide bonds. The highest BCUT2D eigenvalue weighted by atomic mass is 32.1. The zero-order valence-corrected chi connectivity index (χ0v) is 19.4. The van der Waals surface area contributed by atoms with Gasteiger partial charge in [0.05, 0.1) is 5.69 Å². The van der Waals surface area contributed by atoms with Crippen molar-refractivity contribution in [3.63, 3.8) is 0 Å². The molecule has 13 heteroatoms. The normalized spacial score (nSPS) is 10.7. The van der Waals surface area contributed by atoms with Crippen LogP contribution in [0.2, 0.25) is 0 Å². The SMILES string of the molecule is Cc1cc(-c2csc(NCCCCCNC(=O)N[C@@H](CCC(=O)O)C(=O)O)n2)ccn1.O=C=O. The Hall–Kier alpha value is -3.83. The molecule has 0 radical (unpaired) electrons. The van der Waals surface area contributed by atoms with Crippen molar-refractivity contribution in [3.05, 3.63) is 29.4 Å². The van der Waals surface area contributed by atoms with Gasteiger partial charge < -0.3 is 26.2 Å². The van der Waals surface area contributed by atoms with Crippen LogP contribution in [0.1, 0.15) is 37.8 Å². The monoisotopic (exact) mass is 493 g/mol. The van der Waals surface area contributed by atoms with Crippen molar-refractivity contribution in [1.29, 1.82) is 0 Å². The second-order valence-corrected chi connectivity index (χ2v) is 7.88. The van der Waals surface area contributed by atoms with Crippen LogP contribution in [-0.4, -0.2) is 63.4 Å². The van der Waals surface area contributed by atoms with Crippen LogP contribution in [-0.2, 0) is 19.2 Å². The summed E-state index contributed by atoms with van der Waals surface area (Å²) in [7, 11) is 0. The van der Waals surface area contributed by atoms with E-state index in [4.69, 9.17) is 19.8 Å². The quantitative estimate of drug-likeness (QED) is 0.259. The van der Waals surface area contributed by atoms with Crippen molar-refractivity contribution in [2.24, 2.45) is 0 Å². The van der Waals surface area contributed by atoms with Crippen molar-refractivity contribution in [2.75, 3.05) is 18.4 Å². The lowest BCUT2D eigenvalue weighted by Crippen LogP contribution is -2.46. The standard InChI is InChI=1S/C20H27N5O5S.CO2/c1-13-11-14(7-10-21-13)16-12-31-20(25-16)23-9-4-2-3-8-22-19(30)24-15(18(28)29)5-6-17(26)27;2-1-3/h7,10-12,15H,2-6,8-9H2,1H3,(H,23,25)(H,26,27)(H,28,29)(H2,22,24,30);/t15-;/m0./s1. The van der Waals surface area contributed by atoms with Crippen LogP contribution in [0.15, 0.2) is 23.7 Å². The fourth-order valence-corrected chi connectivity index (χ4v) is 3.50. The van der Waals surface area contributed by atoms with Gasteiger partial charge in [-0.1, -0.05) is 0 Å². The molecule has 2 heterocycles. The van der Waals surface area contributed by atoms with Gasteiger partial charge in [-0.2, -0.15) is 9.59 Å². The summed E-state index contributed by atoms with van der Waals surface area (Å²) in [4.78, 5) is 58.4. The number of urea groups is 1. The molecule has 12 nitrogen and oxygen atoms in total. The molecular weight excluding hydrogens is 466 g/mol. The third-order valence-electron chi connectivity index (χ3n) is 4.36. The Balaban J connectivity index is 0.00000182. The fourth-order valence-electron chi connectivity index (χ4n) is 2.75. The van der Waals surface area contributed by atoms with Crippen LogP contribution in [0.3, 0.4) is 0 Å². The molecule has 2 aromatic heterocycles. The minimum absolute atomic E-state index is 0.164. The van der Waals surface area contributed by atoms with Crippen LogP contribution >= 0.6 is 11.3 Å².